The Morgan fingerprint density at radius 2 is 1.70 bits per heavy atom. The first-order valence-electron chi connectivity index (χ1n) is 6.26. The number of rotatable bonds is 1. The van der Waals surface area contributed by atoms with Crippen LogP contribution in [0.3, 0.4) is 0 Å². The third-order valence-corrected chi connectivity index (χ3v) is 3.99. The first-order chi connectivity index (χ1) is 9.56. The lowest BCUT2D eigenvalue weighted by Crippen LogP contribution is -2.09. The average molecular weight is 315 g/mol. The van der Waals surface area contributed by atoms with Crippen LogP contribution in [0.5, 0.6) is 0 Å². The Bertz CT molecular complexity index is 689. The van der Waals surface area contributed by atoms with Crippen molar-refractivity contribution in [3.63, 3.8) is 0 Å². The molecule has 2 nitrogen and oxygen atoms in total. The number of nitrogens with zero attached hydrogens (tertiary/aromatic N) is 2. The highest BCUT2D eigenvalue weighted by Gasteiger charge is 2.19. The third kappa shape index (κ3) is 2.38. The van der Waals surface area contributed by atoms with E-state index in [-0.39, 0.29) is 16.4 Å². The standard InChI is InChI=1S/C14H10Cl2F2N2/c15-9-6-10(17)8(5-11(9)18)14-19-12-4-2-1-3-7(12)13(16)20-14/h5-6H,1-4H2. The van der Waals surface area contributed by atoms with Crippen LogP contribution in [-0.4, -0.2) is 9.97 Å². The van der Waals surface area contributed by atoms with E-state index in [1.54, 1.807) is 0 Å². The van der Waals surface area contributed by atoms with Crippen LogP contribution in [0.25, 0.3) is 11.4 Å². The van der Waals surface area contributed by atoms with Crippen molar-refractivity contribution in [1.29, 1.82) is 0 Å². The Balaban J connectivity index is 2.15. The van der Waals surface area contributed by atoms with Crippen LogP contribution in [0.1, 0.15) is 24.1 Å². The molecule has 0 fully saturated rings. The van der Waals surface area contributed by atoms with Gasteiger partial charge in [0.25, 0.3) is 0 Å². The Morgan fingerprint density at radius 1 is 0.950 bits per heavy atom. The molecule has 0 saturated carbocycles. The quantitative estimate of drug-likeness (QED) is 0.567. The molecule has 1 aliphatic rings. The van der Waals surface area contributed by atoms with Crippen LogP contribution in [0.2, 0.25) is 10.2 Å². The Morgan fingerprint density at radius 3 is 2.50 bits per heavy atom. The highest BCUT2D eigenvalue weighted by Crippen LogP contribution is 2.30. The van der Waals surface area contributed by atoms with Gasteiger partial charge in [-0.25, -0.2) is 18.7 Å². The monoisotopic (exact) mass is 314 g/mol. The van der Waals surface area contributed by atoms with Gasteiger partial charge in [-0.3, -0.25) is 0 Å². The maximum absolute atomic E-state index is 13.9. The molecule has 0 saturated heterocycles. The third-order valence-electron chi connectivity index (χ3n) is 3.38. The van der Waals surface area contributed by atoms with Gasteiger partial charge in [0.15, 0.2) is 5.82 Å². The van der Waals surface area contributed by atoms with E-state index < -0.39 is 11.6 Å². The molecule has 1 heterocycles. The molecule has 20 heavy (non-hydrogen) atoms. The Hall–Kier alpha value is -1.26. The molecule has 1 aliphatic carbocycles. The van der Waals surface area contributed by atoms with Crippen LogP contribution in [0.4, 0.5) is 8.78 Å². The van der Waals surface area contributed by atoms with Crippen molar-refractivity contribution in [1.82, 2.24) is 9.97 Å². The van der Waals surface area contributed by atoms with E-state index in [2.05, 4.69) is 9.97 Å². The molecule has 0 spiro atoms. The zero-order valence-electron chi connectivity index (χ0n) is 10.4. The summed E-state index contributed by atoms with van der Waals surface area (Å²) in [5.74, 6) is -1.27. The van der Waals surface area contributed by atoms with Gasteiger partial charge in [0, 0.05) is 11.3 Å². The molecule has 0 atom stereocenters. The van der Waals surface area contributed by atoms with Crippen molar-refractivity contribution >= 4 is 23.2 Å². The molecule has 0 N–H and O–H groups in total. The second kappa shape index (κ2) is 5.26. The lowest BCUT2D eigenvalue weighted by molar-refractivity contribution is 0.601. The number of aromatic nitrogens is 2. The minimum absolute atomic E-state index is 0.0258. The van der Waals surface area contributed by atoms with Gasteiger partial charge in [-0.15, -0.1) is 0 Å². The van der Waals surface area contributed by atoms with E-state index >= 15 is 0 Å². The molecule has 6 heteroatoms. The number of hydrogen-bond acceptors (Lipinski definition) is 2. The zero-order valence-corrected chi connectivity index (χ0v) is 11.9. The zero-order chi connectivity index (χ0) is 14.3. The summed E-state index contributed by atoms with van der Waals surface area (Å²) < 4.78 is 27.4. The summed E-state index contributed by atoms with van der Waals surface area (Å²) >= 11 is 11.7. The van der Waals surface area contributed by atoms with Gasteiger partial charge < -0.3 is 0 Å². The Labute approximate surface area is 124 Å². The number of hydrogen-bond donors (Lipinski definition) is 0. The van der Waals surface area contributed by atoms with E-state index in [4.69, 9.17) is 23.2 Å². The lowest BCUT2D eigenvalue weighted by Gasteiger charge is -2.16. The SMILES string of the molecule is Fc1cc(-c2nc(Cl)c3c(n2)CCCC3)c(F)cc1Cl. The fourth-order valence-electron chi connectivity index (χ4n) is 2.36. The minimum atomic E-state index is -0.708. The fourth-order valence-corrected chi connectivity index (χ4v) is 2.80. The van der Waals surface area contributed by atoms with Gasteiger partial charge in [-0.05, 0) is 37.8 Å². The molecule has 1 aromatic heterocycles. The number of halogens is 4. The van der Waals surface area contributed by atoms with E-state index in [9.17, 15) is 8.78 Å². The van der Waals surface area contributed by atoms with Gasteiger partial charge >= 0.3 is 0 Å². The number of benzene rings is 1. The fraction of sp³-hybridized carbons (Fsp3) is 0.286. The van der Waals surface area contributed by atoms with E-state index in [0.717, 1.165) is 49.1 Å². The topological polar surface area (TPSA) is 25.8 Å². The predicted molar refractivity (Wildman–Crippen MR) is 74.0 cm³/mol. The summed E-state index contributed by atoms with van der Waals surface area (Å²) in [4.78, 5) is 8.42. The van der Waals surface area contributed by atoms with Crippen LogP contribution in [0.15, 0.2) is 12.1 Å². The average Bonchev–Trinajstić information content (AvgIpc) is 2.43. The first-order valence-corrected chi connectivity index (χ1v) is 7.02. The molecule has 2 aromatic rings. The van der Waals surface area contributed by atoms with Crippen molar-refractivity contribution in [2.75, 3.05) is 0 Å². The van der Waals surface area contributed by atoms with Gasteiger partial charge in [-0.2, -0.15) is 0 Å². The molecular weight excluding hydrogens is 305 g/mol. The van der Waals surface area contributed by atoms with Crippen molar-refractivity contribution in [3.05, 3.63) is 45.2 Å². The highest BCUT2D eigenvalue weighted by atomic mass is 35.5. The summed E-state index contributed by atoms with van der Waals surface area (Å²) in [6, 6.07) is 1.92. The molecule has 3 rings (SSSR count). The molecular formula is C14H10Cl2F2N2. The van der Waals surface area contributed by atoms with Crippen molar-refractivity contribution in [3.8, 4) is 11.4 Å². The molecule has 0 radical (unpaired) electrons. The molecule has 0 unspecified atom stereocenters. The smallest absolute Gasteiger partial charge is 0.164 e. The maximum Gasteiger partial charge on any atom is 0.164 e. The summed E-state index contributed by atoms with van der Waals surface area (Å²) in [7, 11) is 0. The van der Waals surface area contributed by atoms with Gasteiger partial charge in [0.1, 0.15) is 16.8 Å². The molecule has 0 amide bonds. The second-order valence-corrected chi connectivity index (χ2v) is 5.48. The summed E-state index contributed by atoms with van der Waals surface area (Å²) in [5, 5.41) is 0.0507. The lowest BCUT2D eigenvalue weighted by atomic mass is 9.97. The van der Waals surface area contributed by atoms with Crippen LogP contribution in [0, 0.1) is 11.6 Å². The largest absolute Gasteiger partial charge is 0.233 e. The number of aryl methyl sites for hydroxylation is 1. The van der Waals surface area contributed by atoms with Crippen molar-refractivity contribution in [2.45, 2.75) is 25.7 Å². The van der Waals surface area contributed by atoms with Crippen molar-refractivity contribution in [2.24, 2.45) is 0 Å². The summed E-state index contributed by atoms with van der Waals surface area (Å²) in [5.41, 5.74) is 1.71. The van der Waals surface area contributed by atoms with E-state index in [1.165, 1.54) is 0 Å². The molecule has 104 valence electrons. The van der Waals surface area contributed by atoms with Gasteiger partial charge in [0.2, 0.25) is 0 Å². The van der Waals surface area contributed by atoms with Crippen LogP contribution >= 0.6 is 23.2 Å². The first kappa shape index (κ1) is 13.7. The van der Waals surface area contributed by atoms with E-state index in [0.29, 0.717) is 5.15 Å². The van der Waals surface area contributed by atoms with E-state index in [1.807, 2.05) is 0 Å². The highest BCUT2D eigenvalue weighted by molar-refractivity contribution is 6.31. The maximum atomic E-state index is 13.9. The minimum Gasteiger partial charge on any atom is -0.233 e. The molecule has 1 aromatic carbocycles. The summed E-state index contributed by atoms with van der Waals surface area (Å²) in [6.45, 7) is 0. The second-order valence-electron chi connectivity index (χ2n) is 4.72. The van der Waals surface area contributed by atoms with Crippen LogP contribution < -0.4 is 0 Å². The van der Waals surface area contributed by atoms with Crippen LogP contribution in [-0.2, 0) is 12.8 Å². The van der Waals surface area contributed by atoms with Gasteiger partial charge in [-0.1, -0.05) is 23.2 Å². The molecule has 0 bridgehead atoms. The predicted octanol–water partition coefficient (Wildman–Crippen LogP) is 4.61. The normalized spacial score (nSPS) is 14.2. The molecule has 0 aliphatic heterocycles. The number of fused-ring (bicyclic) bond motifs is 1. The Kier molecular flexibility index (Phi) is 3.61. The van der Waals surface area contributed by atoms with Crippen molar-refractivity contribution < 1.29 is 8.78 Å². The van der Waals surface area contributed by atoms with Gasteiger partial charge in [0.05, 0.1) is 10.6 Å². The summed E-state index contributed by atoms with van der Waals surface area (Å²) in [6.07, 6.45) is 3.66.